The molecule has 0 atom stereocenters. The van der Waals surface area contributed by atoms with Crippen molar-refractivity contribution < 1.29 is 9.90 Å². The second-order valence-corrected chi connectivity index (χ2v) is 5.10. The molecule has 0 aliphatic carbocycles. The lowest BCUT2D eigenvalue weighted by Gasteiger charge is -2.08. The highest BCUT2D eigenvalue weighted by Gasteiger charge is 2.08. The monoisotopic (exact) mass is 336 g/mol. The maximum absolute atomic E-state index is 11.1. The largest absolute Gasteiger partial charge is 0.478 e. The number of hydrogen-bond acceptors (Lipinski definition) is 7. The van der Waals surface area contributed by atoms with Crippen LogP contribution in [0.5, 0.6) is 0 Å². The van der Waals surface area contributed by atoms with Gasteiger partial charge in [0.1, 0.15) is 0 Å². The highest BCUT2D eigenvalue weighted by Crippen LogP contribution is 2.16. The third-order valence-corrected chi connectivity index (χ3v) is 3.32. The summed E-state index contributed by atoms with van der Waals surface area (Å²) in [5.74, 6) is -0.550. The van der Waals surface area contributed by atoms with E-state index in [9.17, 15) is 4.79 Å². The molecule has 0 aliphatic heterocycles. The Labute approximate surface area is 144 Å². The molecule has 0 aliphatic rings. The summed E-state index contributed by atoms with van der Waals surface area (Å²) in [6.07, 6.45) is 6.52. The molecule has 0 radical (unpaired) electrons. The van der Waals surface area contributed by atoms with Crippen molar-refractivity contribution in [1.82, 2.24) is 19.9 Å². The number of anilines is 2. The van der Waals surface area contributed by atoms with Gasteiger partial charge in [0.2, 0.25) is 5.95 Å². The van der Waals surface area contributed by atoms with Crippen LogP contribution >= 0.6 is 0 Å². The van der Waals surface area contributed by atoms with Gasteiger partial charge < -0.3 is 15.7 Å². The number of aromatic carboxylic acids is 1. The van der Waals surface area contributed by atoms with Gasteiger partial charge >= 0.3 is 5.97 Å². The van der Waals surface area contributed by atoms with Crippen LogP contribution in [-0.2, 0) is 0 Å². The molecular weight excluding hydrogens is 320 g/mol. The number of hydrogen-bond donors (Lipinski definition) is 3. The molecule has 3 heterocycles. The van der Waals surface area contributed by atoms with E-state index in [1.165, 1.54) is 18.3 Å². The quantitative estimate of drug-likeness (QED) is 0.563. The Morgan fingerprint density at radius 1 is 1.00 bits per heavy atom. The van der Waals surface area contributed by atoms with Gasteiger partial charge in [-0.1, -0.05) is 0 Å². The summed E-state index contributed by atoms with van der Waals surface area (Å²) in [5, 5.41) is 15.4. The zero-order valence-corrected chi connectivity index (χ0v) is 13.3. The summed E-state index contributed by atoms with van der Waals surface area (Å²) in [6, 6.07) is 8.41. The molecule has 3 rings (SSSR count). The Morgan fingerprint density at radius 3 is 2.64 bits per heavy atom. The number of carboxylic acid groups (broad SMARTS) is 1. The van der Waals surface area contributed by atoms with E-state index in [2.05, 4.69) is 30.6 Å². The molecule has 8 heteroatoms. The zero-order valence-electron chi connectivity index (χ0n) is 13.3. The molecule has 0 saturated heterocycles. The van der Waals surface area contributed by atoms with Crippen molar-refractivity contribution in [3.05, 3.63) is 60.7 Å². The van der Waals surface area contributed by atoms with Crippen LogP contribution in [0.4, 0.5) is 11.6 Å². The van der Waals surface area contributed by atoms with E-state index in [1.54, 1.807) is 24.7 Å². The van der Waals surface area contributed by atoms with Crippen molar-refractivity contribution in [1.29, 1.82) is 0 Å². The molecule has 8 nitrogen and oxygen atoms in total. The van der Waals surface area contributed by atoms with Crippen LogP contribution in [0.3, 0.4) is 0 Å². The Bertz CT molecular complexity index is 857. The lowest BCUT2D eigenvalue weighted by atomic mass is 10.2. The van der Waals surface area contributed by atoms with Gasteiger partial charge in [-0.2, -0.15) is 0 Å². The topological polar surface area (TPSA) is 113 Å². The average Bonchev–Trinajstić information content (AvgIpc) is 2.66. The van der Waals surface area contributed by atoms with E-state index in [-0.39, 0.29) is 5.56 Å². The number of rotatable bonds is 7. The van der Waals surface area contributed by atoms with Crippen LogP contribution in [0.25, 0.3) is 11.4 Å². The van der Waals surface area contributed by atoms with Crippen molar-refractivity contribution in [2.24, 2.45) is 0 Å². The maximum atomic E-state index is 11.1. The molecule has 3 aromatic rings. The number of carboxylic acids is 1. The molecule has 0 amide bonds. The van der Waals surface area contributed by atoms with E-state index in [1.807, 2.05) is 12.1 Å². The first-order valence-electron chi connectivity index (χ1n) is 7.63. The molecule has 3 N–H and O–H groups in total. The molecule has 0 saturated carbocycles. The predicted octanol–water partition coefficient (Wildman–Crippen LogP) is 2.16. The molecule has 25 heavy (non-hydrogen) atoms. The highest BCUT2D eigenvalue weighted by molar-refractivity contribution is 5.88. The van der Waals surface area contributed by atoms with E-state index < -0.39 is 5.97 Å². The fourth-order valence-electron chi connectivity index (χ4n) is 2.14. The molecule has 0 bridgehead atoms. The fraction of sp³-hybridized carbons (Fsp3) is 0.118. The number of pyridine rings is 2. The van der Waals surface area contributed by atoms with Crippen LogP contribution in [-0.4, -0.2) is 44.1 Å². The minimum Gasteiger partial charge on any atom is -0.478 e. The Balaban J connectivity index is 1.61. The first kappa shape index (κ1) is 16.3. The molecule has 0 aromatic carbocycles. The summed E-state index contributed by atoms with van der Waals surface area (Å²) in [5.41, 5.74) is 2.15. The Hall–Kier alpha value is -3.55. The third kappa shape index (κ3) is 4.47. The van der Waals surface area contributed by atoms with Gasteiger partial charge in [0, 0.05) is 37.9 Å². The van der Waals surface area contributed by atoms with Crippen molar-refractivity contribution >= 4 is 17.6 Å². The van der Waals surface area contributed by atoms with Crippen molar-refractivity contribution in [2.75, 3.05) is 23.7 Å². The number of nitrogens with zero attached hydrogens (tertiary/aromatic N) is 4. The molecule has 0 fully saturated rings. The first-order chi connectivity index (χ1) is 12.2. The minimum absolute atomic E-state index is 0.166. The number of carbonyl (C=O) groups is 1. The normalized spacial score (nSPS) is 10.2. The van der Waals surface area contributed by atoms with E-state index >= 15 is 0 Å². The van der Waals surface area contributed by atoms with E-state index in [0.717, 1.165) is 5.69 Å². The first-order valence-corrected chi connectivity index (χ1v) is 7.63. The lowest BCUT2D eigenvalue weighted by Crippen LogP contribution is -2.15. The standard InChI is InChI=1S/C17H16N6O2/c24-16(25)12-3-6-20-15(10-12)14-4-7-21-17(23-14)22-9-8-19-13-2-1-5-18-11-13/h1-7,10-11,19H,8-9H2,(H,24,25)(H,21,22,23). The zero-order chi connectivity index (χ0) is 17.5. The predicted molar refractivity (Wildman–Crippen MR) is 93.4 cm³/mol. The van der Waals surface area contributed by atoms with Crippen LogP contribution < -0.4 is 10.6 Å². The molecule has 0 unspecified atom stereocenters. The summed E-state index contributed by atoms with van der Waals surface area (Å²) >= 11 is 0. The maximum Gasteiger partial charge on any atom is 0.335 e. The van der Waals surface area contributed by atoms with E-state index in [0.29, 0.717) is 30.4 Å². The number of nitrogens with one attached hydrogen (secondary N) is 2. The molecule has 3 aromatic heterocycles. The van der Waals surface area contributed by atoms with Gasteiger partial charge in [0.25, 0.3) is 0 Å². The van der Waals surface area contributed by atoms with Crippen molar-refractivity contribution in [3.63, 3.8) is 0 Å². The molecule has 126 valence electrons. The summed E-state index contributed by atoms with van der Waals surface area (Å²) < 4.78 is 0. The molecule has 0 spiro atoms. The van der Waals surface area contributed by atoms with Crippen LogP contribution in [0.15, 0.2) is 55.1 Å². The van der Waals surface area contributed by atoms with Crippen LogP contribution in [0, 0.1) is 0 Å². The summed E-state index contributed by atoms with van der Waals surface area (Å²) in [4.78, 5) is 27.8. The summed E-state index contributed by atoms with van der Waals surface area (Å²) in [7, 11) is 0. The fourth-order valence-corrected chi connectivity index (χ4v) is 2.14. The minimum atomic E-state index is -1.00. The lowest BCUT2D eigenvalue weighted by molar-refractivity contribution is 0.0697. The van der Waals surface area contributed by atoms with E-state index in [4.69, 9.17) is 5.11 Å². The second-order valence-electron chi connectivity index (χ2n) is 5.10. The van der Waals surface area contributed by atoms with Gasteiger partial charge in [-0.05, 0) is 30.3 Å². The molecular formula is C17H16N6O2. The highest BCUT2D eigenvalue weighted by atomic mass is 16.4. The van der Waals surface area contributed by atoms with Gasteiger partial charge in [0.05, 0.1) is 22.6 Å². The van der Waals surface area contributed by atoms with Crippen molar-refractivity contribution in [2.45, 2.75) is 0 Å². The third-order valence-electron chi connectivity index (χ3n) is 3.32. The van der Waals surface area contributed by atoms with Crippen LogP contribution in [0.1, 0.15) is 10.4 Å². The van der Waals surface area contributed by atoms with Gasteiger partial charge in [0.15, 0.2) is 0 Å². The second kappa shape index (κ2) is 7.82. The average molecular weight is 336 g/mol. The SMILES string of the molecule is O=C(O)c1ccnc(-c2ccnc(NCCNc3cccnc3)n2)c1. The summed E-state index contributed by atoms with van der Waals surface area (Å²) in [6.45, 7) is 1.28. The van der Waals surface area contributed by atoms with Crippen molar-refractivity contribution in [3.8, 4) is 11.4 Å². The Kier molecular flexibility index (Phi) is 5.10. The van der Waals surface area contributed by atoms with Gasteiger partial charge in [-0.25, -0.2) is 14.8 Å². The van der Waals surface area contributed by atoms with Gasteiger partial charge in [-0.3, -0.25) is 9.97 Å². The van der Waals surface area contributed by atoms with Crippen LogP contribution in [0.2, 0.25) is 0 Å². The number of aromatic nitrogens is 4. The smallest absolute Gasteiger partial charge is 0.335 e. The van der Waals surface area contributed by atoms with Gasteiger partial charge in [-0.15, -0.1) is 0 Å². The Morgan fingerprint density at radius 2 is 1.84 bits per heavy atom.